The number of nitrogens with zero attached hydrogens (tertiary/aromatic N) is 2. The van der Waals surface area contributed by atoms with Gasteiger partial charge in [-0.3, -0.25) is 13.9 Å². The number of halogens is 2. The second-order valence-corrected chi connectivity index (χ2v) is 10.9. The van der Waals surface area contributed by atoms with E-state index in [1.807, 2.05) is 6.92 Å². The van der Waals surface area contributed by atoms with E-state index in [-0.39, 0.29) is 37.7 Å². The number of carbonyl (C=O) groups is 2. The molecule has 0 heterocycles. The van der Waals surface area contributed by atoms with Gasteiger partial charge < -0.3 is 15.0 Å². The lowest BCUT2D eigenvalue weighted by molar-refractivity contribution is -0.140. The van der Waals surface area contributed by atoms with Gasteiger partial charge in [-0.1, -0.05) is 41.4 Å². The summed E-state index contributed by atoms with van der Waals surface area (Å²) in [5.41, 5.74) is 1.06. The highest BCUT2D eigenvalue weighted by Gasteiger charge is 2.27. The fraction of sp³-hybridized carbons (Fsp3) is 0.440. The van der Waals surface area contributed by atoms with Crippen LogP contribution in [0, 0.1) is 0 Å². The van der Waals surface area contributed by atoms with Gasteiger partial charge in [-0.15, -0.1) is 0 Å². The molecule has 0 saturated heterocycles. The lowest BCUT2D eigenvalue weighted by atomic mass is 10.1. The molecule has 0 spiro atoms. The molecule has 2 aromatic carbocycles. The Balaban J connectivity index is 2.22. The molecule has 36 heavy (non-hydrogen) atoms. The average molecular weight is 559 g/mol. The molecular weight excluding hydrogens is 525 g/mol. The molecule has 2 rings (SSSR count). The van der Waals surface area contributed by atoms with E-state index in [4.69, 9.17) is 27.9 Å². The predicted molar refractivity (Wildman–Crippen MR) is 144 cm³/mol. The van der Waals surface area contributed by atoms with Crippen LogP contribution in [-0.4, -0.2) is 57.1 Å². The number of anilines is 1. The summed E-state index contributed by atoms with van der Waals surface area (Å²) in [6.07, 6.45) is 1.38. The number of nitrogens with one attached hydrogen (secondary N) is 1. The monoisotopic (exact) mass is 557 g/mol. The summed E-state index contributed by atoms with van der Waals surface area (Å²) in [5.74, 6) is -0.147. The second-order valence-electron chi connectivity index (χ2n) is 8.17. The van der Waals surface area contributed by atoms with Crippen molar-refractivity contribution >= 4 is 50.7 Å². The molecule has 8 nitrogen and oxygen atoms in total. The topological polar surface area (TPSA) is 96.0 Å². The average Bonchev–Trinajstić information content (AvgIpc) is 2.81. The van der Waals surface area contributed by atoms with Crippen LogP contribution in [0.15, 0.2) is 42.5 Å². The first-order chi connectivity index (χ1) is 17.0. The van der Waals surface area contributed by atoms with Crippen LogP contribution in [0.2, 0.25) is 10.0 Å². The molecular formula is C25H33Cl2N3O5S. The summed E-state index contributed by atoms with van der Waals surface area (Å²) in [5, 5.41) is 3.59. The largest absolute Gasteiger partial charge is 0.492 e. The van der Waals surface area contributed by atoms with Crippen molar-refractivity contribution in [3.05, 3.63) is 58.1 Å². The van der Waals surface area contributed by atoms with Gasteiger partial charge in [0.25, 0.3) is 0 Å². The third-order valence-electron chi connectivity index (χ3n) is 5.46. The predicted octanol–water partition coefficient (Wildman–Crippen LogP) is 4.49. The molecule has 0 radical (unpaired) electrons. The quantitative estimate of drug-likeness (QED) is 0.391. The first-order valence-corrected chi connectivity index (χ1v) is 14.3. The number of benzene rings is 2. The fourth-order valence-electron chi connectivity index (χ4n) is 3.66. The third-order valence-corrected chi connectivity index (χ3v) is 7.23. The van der Waals surface area contributed by atoms with Gasteiger partial charge in [-0.25, -0.2) is 8.42 Å². The minimum atomic E-state index is -3.64. The van der Waals surface area contributed by atoms with E-state index in [0.717, 1.165) is 6.26 Å². The number of ether oxygens (including phenoxy) is 1. The zero-order valence-electron chi connectivity index (χ0n) is 21.0. The molecule has 198 valence electrons. The van der Waals surface area contributed by atoms with E-state index in [1.165, 1.54) is 9.21 Å². The lowest BCUT2D eigenvalue weighted by Crippen LogP contribution is -2.47. The van der Waals surface area contributed by atoms with Crippen LogP contribution in [0.3, 0.4) is 0 Å². The van der Waals surface area contributed by atoms with Crippen molar-refractivity contribution < 1.29 is 22.7 Å². The first-order valence-electron chi connectivity index (χ1n) is 11.7. The maximum Gasteiger partial charge on any atom is 0.242 e. The number of sulfonamides is 1. The summed E-state index contributed by atoms with van der Waals surface area (Å²) in [6, 6.07) is 11.1. The minimum Gasteiger partial charge on any atom is -0.492 e. The Hall–Kier alpha value is -2.49. The first kappa shape index (κ1) is 29.7. The highest BCUT2D eigenvalue weighted by molar-refractivity contribution is 7.92. The molecule has 1 atom stereocenters. The van der Waals surface area contributed by atoms with Crippen molar-refractivity contribution in [3.63, 3.8) is 0 Å². The smallest absolute Gasteiger partial charge is 0.242 e. The number of para-hydroxylation sites is 2. The minimum absolute atomic E-state index is 0.0256. The van der Waals surface area contributed by atoms with Gasteiger partial charge in [0.1, 0.15) is 11.8 Å². The molecule has 0 fully saturated rings. The molecule has 1 unspecified atom stereocenters. The van der Waals surface area contributed by atoms with Crippen LogP contribution in [0.25, 0.3) is 0 Å². The normalized spacial score (nSPS) is 12.1. The SMILES string of the molecule is CCNC(=O)C(C)N(Cc1ccc(Cl)cc1Cl)C(=O)CCCN(c1ccccc1OCC)S(C)(=O)=O. The maximum atomic E-state index is 13.3. The van der Waals surface area contributed by atoms with Gasteiger partial charge in [0.2, 0.25) is 21.8 Å². The summed E-state index contributed by atoms with van der Waals surface area (Å²) in [4.78, 5) is 27.3. The van der Waals surface area contributed by atoms with Crippen LogP contribution in [0.1, 0.15) is 39.2 Å². The molecule has 1 N–H and O–H groups in total. The summed E-state index contributed by atoms with van der Waals surface area (Å²) in [7, 11) is -3.64. The molecule has 2 aromatic rings. The van der Waals surface area contributed by atoms with Crippen molar-refractivity contribution in [2.45, 2.75) is 46.2 Å². The van der Waals surface area contributed by atoms with E-state index in [9.17, 15) is 18.0 Å². The Kier molecular flexibility index (Phi) is 11.3. The molecule has 0 aliphatic rings. The maximum absolute atomic E-state index is 13.3. The zero-order chi connectivity index (χ0) is 26.9. The number of hydrogen-bond donors (Lipinski definition) is 1. The Bertz CT molecular complexity index is 1160. The summed E-state index contributed by atoms with van der Waals surface area (Å²) >= 11 is 12.3. The van der Waals surface area contributed by atoms with Crippen LogP contribution < -0.4 is 14.4 Å². The van der Waals surface area contributed by atoms with Crippen molar-refractivity contribution in [1.29, 1.82) is 0 Å². The molecule has 0 aliphatic heterocycles. The van der Waals surface area contributed by atoms with Crippen LogP contribution in [0.4, 0.5) is 5.69 Å². The van der Waals surface area contributed by atoms with Gasteiger partial charge in [0.15, 0.2) is 0 Å². The molecule has 0 aromatic heterocycles. The Labute approximate surface area is 223 Å². The summed E-state index contributed by atoms with van der Waals surface area (Å²) in [6.45, 7) is 6.25. The lowest BCUT2D eigenvalue weighted by Gasteiger charge is -2.30. The van der Waals surface area contributed by atoms with Crippen molar-refractivity contribution in [2.75, 3.05) is 30.3 Å². The Morgan fingerprint density at radius 3 is 2.42 bits per heavy atom. The second kappa shape index (κ2) is 13.7. The highest BCUT2D eigenvalue weighted by Crippen LogP contribution is 2.30. The number of amides is 2. The van der Waals surface area contributed by atoms with E-state index >= 15 is 0 Å². The molecule has 0 aliphatic carbocycles. The third kappa shape index (κ3) is 8.28. The van der Waals surface area contributed by atoms with Crippen molar-refractivity contribution in [3.8, 4) is 5.75 Å². The van der Waals surface area contributed by atoms with E-state index in [0.29, 0.717) is 40.2 Å². The standard InChI is InChI=1S/C25H33Cl2N3O5S/c1-5-28-25(32)18(3)29(17-19-13-14-20(26)16-21(19)27)24(31)12-9-15-30(36(4,33)34)22-10-7-8-11-23(22)35-6-2/h7-8,10-11,13-14,16,18H,5-6,9,12,15,17H2,1-4H3,(H,28,32). The van der Waals surface area contributed by atoms with E-state index < -0.39 is 16.1 Å². The molecule has 2 amide bonds. The van der Waals surface area contributed by atoms with Gasteiger partial charge in [0, 0.05) is 36.1 Å². The van der Waals surface area contributed by atoms with E-state index in [2.05, 4.69) is 5.32 Å². The van der Waals surface area contributed by atoms with Crippen molar-refractivity contribution in [2.24, 2.45) is 0 Å². The molecule has 11 heteroatoms. The van der Waals surface area contributed by atoms with Crippen LogP contribution in [-0.2, 0) is 26.2 Å². The fourth-order valence-corrected chi connectivity index (χ4v) is 5.10. The number of rotatable bonds is 13. The van der Waals surface area contributed by atoms with Crippen LogP contribution in [0.5, 0.6) is 5.75 Å². The highest BCUT2D eigenvalue weighted by atomic mass is 35.5. The Morgan fingerprint density at radius 2 is 1.81 bits per heavy atom. The number of likely N-dealkylation sites (N-methyl/N-ethyl adjacent to an activating group) is 1. The number of carbonyl (C=O) groups excluding carboxylic acids is 2. The zero-order valence-corrected chi connectivity index (χ0v) is 23.3. The summed E-state index contributed by atoms with van der Waals surface area (Å²) < 4.78 is 32.0. The van der Waals surface area contributed by atoms with Gasteiger partial charge in [-0.05, 0) is 57.0 Å². The van der Waals surface area contributed by atoms with Gasteiger partial charge in [0.05, 0.1) is 18.6 Å². The molecule has 0 saturated carbocycles. The van der Waals surface area contributed by atoms with Crippen LogP contribution >= 0.6 is 23.2 Å². The van der Waals surface area contributed by atoms with E-state index in [1.54, 1.807) is 56.3 Å². The van der Waals surface area contributed by atoms with Gasteiger partial charge in [-0.2, -0.15) is 0 Å². The number of hydrogen-bond acceptors (Lipinski definition) is 5. The Morgan fingerprint density at radius 1 is 1.11 bits per heavy atom. The molecule has 0 bridgehead atoms. The van der Waals surface area contributed by atoms with Crippen molar-refractivity contribution in [1.82, 2.24) is 10.2 Å². The van der Waals surface area contributed by atoms with Gasteiger partial charge >= 0.3 is 0 Å².